The van der Waals surface area contributed by atoms with E-state index < -0.39 is 6.61 Å². The number of amides is 1. The van der Waals surface area contributed by atoms with Crippen molar-refractivity contribution in [3.8, 4) is 22.9 Å². The van der Waals surface area contributed by atoms with Gasteiger partial charge in [-0.1, -0.05) is 29.4 Å². The molecular formula is C24H24F2N4O4. The number of carbonyl (C=O) groups excluding carboxylic acids is 1. The monoisotopic (exact) mass is 470 g/mol. The Morgan fingerprint density at radius 1 is 1.21 bits per heavy atom. The molecule has 1 heterocycles. The molecule has 0 saturated carbocycles. The van der Waals surface area contributed by atoms with Crippen molar-refractivity contribution >= 4 is 17.3 Å². The van der Waals surface area contributed by atoms with Crippen molar-refractivity contribution in [1.29, 1.82) is 0 Å². The maximum Gasteiger partial charge on any atom is 0.387 e. The molecule has 4 rings (SSSR count). The van der Waals surface area contributed by atoms with E-state index in [9.17, 15) is 13.6 Å². The third-order valence-electron chi connectivity index (χ3n) is 5.30. The molecule has 0 radical (unpaired) electrons. The highest BCUT2D eigenvalue weighted by Gasteiger charge is 2.17. The van der Waals surface area contributed by atoms with Gasteiger partial charge in [0.05, 0.1) is 25.0 Å². The lowest BCUT2D eigenvalue weighted by Gasteiger charge is -2.13. The third-order valence-corrected chi connectivity index (χ3v) is 5.30. The van der Waals surface area contributed by atoms with Gasteiger partial charge in [-0.2, -0.15) is 13.8 Å². The lowest BCUT2D eigenvalue weighted by molar-refractivity contribution is -0.116. The number of halogens is 2. The molecule has 0 spiro atoms. The molecule has 1 unspecified atom stereocenters. The van der Waals surface area contributed by atoms with E-state index in [4.69, 9.17) is 9.26 Å². The highest BCUT2D eigenvalue weighted by Crippen LogP contribution is 2.32. The second-order valence-electron chi connectivity index (χ2n) is 7.67. The van der Waals surface area contributed by atoms with Crippen LogP contribution in [0.15, 0.2) is 59.1 Å². The van der Waals surface area contributed by atoms with Crippen LogP contribution in [0.4, 0.5) is 20.2 Å². The number of alkyl halides is 2. The summed E-state index contributed by atoms with van der Waals surface area (Å²) in [4.78, 5) is 16.8. The SMILES string of the molecule is COc1cc(-c2noc(CNc3ccccc3NC(=O)CC3C=CCC3)n2)ccc1OC(F)F. The molecular weight excluding hydrogens is 446 g/mol. The zero-order chi connectivity index (χ0) is 23.9. The zero-order valence-corrected chi connectivity index (χ0v) is 18.5. The van der Waals surface area contributed by atoms with Gasteiger partial charge in [0, 0.05) is 12.0 Å². The summed E-state index contributed by atoms with van der Waals surface area (Å²) < 4.78 is 39.9. The Hall–Kier alpha value is -3.95. The first-order valence-electron chi connectivity index (χ1n) is 10.8. The summed E-state index contributed by atoms with van der Waals surface area (Å²) in [6.45, 7) is -2.75. The molecule has 10 heteroatoms. The summed E-state index contributed by atoms with van der Waals surface area (Å²) in [6.07, 6.45) is 6.66. The van der Waals surface area contributed by atoms with Gasteiger partial charge in [-0.25, -0.2) is 0 Å². The smallest absolute Gasteiger partial charge is 0.387 e. The molecule has 0 bridgehead atoms. The zero-order valence-electron chi connectivity index (χ0n) is 18.5. The molecule has 0 fully saturated rings. The van der Waals surface area contributed by atoms with E-state index in [0.717, 1.165) is 12.8 Å². The number of nitrogens with zero attached hydrogens (tertiary/aromatic N) is 2. The van der Waals surface area contributed by atoms with E-state index in [0.29, 0.717) is 29.2 Å². The van der Waals surface area contributed by atoms with E-state index in [1.165, 1.54) is 25.3 Å². The maximum atomic E-state index is 12.5. The van der Waals surface area contributed by atoms with Crippen molar-refractivity contribution in [2.24, 2.45) is 5.92 Å². The van der Waals surface area contributed by atoms with Crippen LogP contribution in [0.1, 0.15) is 25.2 Å². The van der Waals surface area contributed by atoms with Gasteiger partial charge >= 0.3 is 6.61 Å². The van der Waals surface area contributed by atoms with Crippen molar-refractivity contribution in [2.45, 2.75) is 32.4 Å². The van der Waals surface area contributed by atoms with Gasteiger partial charge in [0.1, 0.15) is 0 Å². The summed E-state index contributed by atoms with van der Waals surface area (Å²) in [5.41, 5.74) is 1.89. The number of para-hydroxylation sites is 2. The van der Waals surface area contributed by atoms with E-state index in [2.05, 4.69) is 37.7 Å². The van der Waals surface area contributed by atoms with E-state index >= 15 is 0 Å². The molecule has 0 saturated heterocycles. The minimum Gasteiger partial charge on any atom is -0.493 e. The first-order valence-corrected chi connectivity index (χ1v) is 10.8. The molecule has 34 heavy (non-hydrogen) atoms. The Labute approximate surface area is 195 Å². The van der Waals surface area contributed by atoms with Crippen LogP contribution in [0.2, 0.25) is 0 Å². The summed E-state index contributed by atoms with van der Waals surface area (Å²) >= 11 is 0. The third kappa shape index (κ3) is 5.89. The molecule has 8 nitrogen and oxygen atoms in total. The minimum absolute atomic E-state index is 0.0425. The number of hydrogen-bond acceptors (Lipinski definition) is 7. The predicted molar refractivity (Wildman–Crippen MR) is 122 cm³/mol. The van der Waals surface area contributed by atoms with Gasteiger partial charge in [0.15, 0.2) is 11.5 Å². The highest BCUT2D eigenvalue weighted by atomic mass is 19.3. The van der Waals surface area contributed by atoms with Crippen molar-refractivity contribution in [3.05, 3.63) is 60.5 Å². The second kappa shape index (κ2) is 10.8. The van der Waals surface area contributed by atoms with Crippen LogP contribution in [-0.2, 0) is 11.3 Å². The van der Waals surface area contributed by atoms with Gasteiger partial charge in [-0.15, -0.1) is 0 Å². The molecule has 2 N–H and O–H groups in total. The Kier molecular flexibility index (Phi) is 7.36. The molecule has 178 valence electrons. The molecule has 1 atom stereocenters. The number of rotatable bonds is 10. The Balaban J connectivity index is 1.40. The van der Waals surface area contributed by atoms with Crippen molar-refractivity contribution in [3.63, 3.8) is 0 Å². The molecule has 0 aliphatic heterocycles. The summed E-state index contributed by atoms with van der Waals surface area (Å²) in [5.74, 6) is 0.851. The number of nitrogens with one attached hydrogen (secondary N) is 2. The van der Waals surface area contributed by atoms with Crippen LogP contribution in [-0.4, -0.2) is 29.8 Å². The van der Waals surface area contributed by atoms with E-state index in [1.807, 2.05) is 24.3 Å². The highest BCUT2D eigenvalue weighted by molar-refractivity contribution is 5.94. The van der Waals surface area contributed by atoms with Crippen LogP contribution in [0.3, 0.4) is 0 Å². The number of allylic oxidation sites excluding steroid dienone is 2. The van der Waals surface area contributed by atoms with Crippen LogP contribution in [0.5, 0.6) is 11.5 Å². The lowest BCUT2D eigenvalue weighted by Crippen LogP contribution is -2.16. The van der Waals surface area contributed by atoms with Crippen LogP contribution in [0, 0.1) is 5.92 Å². The minimum atomic E-state index is -2.96. The number of methoxy groups -OCH3 is 1. The van der Waals surface area contributed by atoms with Crippen molar-refractivity contribution in [1.82, 2.24) is 10.1 Å². The number of ether oxygens (including phenoxy) is 2. The number of hydrogen-bond donors (Lipinski definition) is 2. The van der Waals surface area contributed by atoms with Crippen LogP contribution in [0.25, 0.3) is 11.4 Å². The number of anilines is 2. The first-order chi connectivity index (χ1) is 16.5. The molecule has 1 aromatic heterocycles. The standard InChI is InChI=1S/C24H24F2N4O4/c1-32-20-13-16(10-11-19(20)33-24(25)26)23-29-22(34-30-23)14-27-17-8-4-5-9-18(17)28-21(31)12-15-6-2-3-7-15/h2,4-6,8-11,13,15,24,27H,3,7,12,14H2,1H3,(H,28,31). The van der Waals surface area contributed by atoms with Crippen LogP contribution < -0.4 is 20.1 Å². The van der Waals surface area contributed by atoms with Gasteiger partial charge < -0.3 is 24.6 Å². The Bertz CT molecular complexity index is 1170. The van der Waals surface area contributed by atoms with Gasteiger partial charge in [-0.3, -0.25) is 4.79 Å². The lowest BCUT2D eigenvalue weighted by atomic mass is 10.0. The first kappa shape index (κ1) is 23.2. The number of benzene rings is 2. The quantitative estimate of drug-likeness (QED) is 0.390. The van der Waals surface area contributed by atoms with Gasteiger partial charge in [0.2, 0.25) is 17.6 Å². The molecule has 1 aliphatic rings. The van der Waals surface area contributed by atoms with Gasteiger partial charge in [-0.05, 0) is 49.1 Å². The largest absolute Gasteiger partial charge is 0.493 e. The van der Waals surface area contributed by atoms with E-state index in [1.54, 1.807) is 0 Å². The fraction of sp³-hybridized carbons (Fsp3) is 0.292. The predicted octanol–water partition coefficient (Wildman–Crippen LogP) is 5.25. The van der Waals surface area contributed by atoms with Gasteiger partial charge in [0.25, 0.3) is 0 Å². The van der Waals surface area contributed by atoms with Crippen LogP contribution >= 0.6 is 0 Å². The molecule has 3 aromatic rings. The van der Waals surface area contributed by atoms with Crippen molar-refractivity contribution in [2.75, 3.05) is 17.7 Å². The second-order valence-corrected chi connectivity index (χ2v) is 7.67. The number of carbonyl (C=O) groups is 1. The molecule has 2 aromatic carbocycles. The van der Waals surface area contributed by atoms with E-state index in [-0.39, 0.29) is 35.7 Å². The fourth-order valence-electron chi connectivity index (χ4n) is 3.67. The molecule has 1 aliphatic carbocycles. The summed E-state index contributed by atoms with van der Waals surface area (Å²) in [6, 6.07) is 11.7. The average molecular weight is 470 g/mol. The molecule has 1 amide bonds. The summed E-state index contributed by atoms with van der Waals surface area (Å²) in [7, 11) is 1.35. The topological polar surface area (TPSA) is 98.5 Å². The van der Waals surface area contributed by atoms with Crippen molar-refractivity contribution < 1.29 is 27.6 Å². The normalized spacial score (nSPS) is 14.9. The number of aromatic nitrogens is 2. The average Bonchev–Trinajstić information content (AvgIpc) is 3.51. The Morgan fingerprint density at radius 3 is 2.76 bits per heavy atom. The summed E-state index contributed by atoms with van der Waals surface area (Å²) in [5, 5.41) is 10.1. The fourth-order valence-corrected chi connectivity index (χ4v) is 3.67. The Morgan fingerprint density at radius 2 is 2.03 bits per heavy atom. The maximum absolute atomic E-state index is 12.5.